The van der Waals surface area contributed by atoms with Gasteiger partial charge in [-0.1, -0.05) is 168 Å². The highest BCUT2D eigenvalue weighted by Gasteiger charge is 2.45. The zero-order chi connectivity index (χ0) is 29.7. The van der Waals surface area contributed by atoms with Crippen LogP contribution >= 0.6 is 0 Å². The summed E-state index contributed by atoms with van der Waals surface area (Å²) in [5.74, 6) is -1.17. The molecule has 40 heavy (non-hydrogen) atoms. The first-order valence-electron chi connectivity index (χ1n) is 17.5. The van der Waals surface area contributed by atoms with Gasteiger partial charge in [-0.25, -0.2) is 0 Å². The Bertz CT molecular complexity index is 578. The number of aliphatic hydroxyl groups is 3. The van der Waals surface area contributed by atoms with E-state index in [4.69, 9.17) is 0 Å². The first-order chi connectivity index (χ1) is 19.4. The van der Waals surface area contributed by atoms with Crippen LogP contribution in [-0.2, 0) is 9.59 Å². The third kappa shape index (κ3) is 21.0. The molecule has 0 spiro atoms. The molecule has 0 amide bonds. The van der Waals surface area contributed by atoms with Gasteiger partial charge in [0.2, 0.25) is 0 Å². The highest BCUT2D eigenvalue weighted by Crippen LogP contribution is 2.20. The zero-order valence-electron chi connectivity index (χ0n) is 26.7. The molecule has 0 aliphatic rings. The lowest BCUT2D eigenvalue weighted by molar-refractivity contribution is -0.165. The van der Waals surface area contributed by atoms with Gasteiger partial charge in [-0.05, 0) is 12.8 Å². The van der Waals surface area contributed by atoms with Crippen molar-refractivity contribution in [2.24, 2.45) is 0 Å². The lowest BCUT2D eigenvalue weighted by Crippen LogP contribution is -2.55. The van der Waals surface area contributed by atoms with Crippen LogP contribution in [0.1, 0.15) is 194 Å². The Morgan fingerprint density at radius 3 is 1.07 bits per heavy atom. The van der Waals surface area contributed by atoms with E-state index in [0.717, 1.165) is 38.5 Å². The lowest BCUT2D eigenvalue weighted by atomic mass is 9.85. The zero-order valence-corrected chi connectivity index (χ0v) is 26.7. The maximum atomic E-state index is 12.6. The number of carbonyl (C=O) groups is 2. The van der Waals surface area contributed by atoms with E-state index < -0.39 is 29.9 Å². The van der Waals surface area contributed by atoms with Crippen LogP contribution in [0.2, 0.25) is 0 Å². The molecule has 0 radical (unpaired) electrons. The maximum absolute atomic E-state index is 12.6. The smallest absolute Gasteiger partial charge is 0.178 e. The number of hydrogen-bond donors (Lipinski definition) is 3. The highest BCUT2D eigenvalue weighted by atomic mass is 16.4. The van der Waals surface area contributed by atoms with Crippen LogP contribution in [0.15, 0.2) is 0 Å². The van der Waals surface area contributed by atoms with Gasteiger partial charge >= 0.3 is 0 Å². The third-order valence-corrected chi connectivity index (χ3v) is 8.52. The van der Waals surface area contributed by atoms with E-state index in [-0.39, 0.29) is 12.8 Å². The van der Waals surface area contributed by atoms with Gasteiger partial charge < -0.3 is 15.3 Å². The molecule has 0 aromatic heterocycles. The van der Waals surface area contributed by atoms with Gasteiger partial charge in [0, 0.05) is 12.8 Å². The van der Waals surface area contributed by atoms with Gasteiger partial charge in [0.15, 0.2) is 23.3 Å². The average molecular weight is 569 g/mol. The van der Waals surface area contributed by atoms with Crippen LogP contribution in [-0.4, -0.2) is 45.2 Å². The van der Waals surface area contributed by atoms with Crippen molar-refractivity contribution in [3.05, 3.63) is 0 Å². The summed E-state index contributed by atoms with van der Waals surface area (Å²) in [6.07, 6.45) is 29.6. The van der Waals surface area contributed by atoms with Crippen molar-refractivity contribution in [2.45, 2.75) is 205 Å². The molecule has 0 rings (SSSR count). The van der Waals surface area contributed by atoms with Crippen LogP contribution in [0.3, 0.4) is 0 Å². The van der Waals surface area contributed by atoms with Crippen LogP contribution in [0, 0.1) is 0 Å². The second-order valence-electron chi connectivity index (χ2n) is 12.4. The van der Waals surface area contributed by atoms with Gasteiger partial charge in [0.25, 0.3) is 0 Å². The Labute approximate surface area is 248 Å². The second kappa shape index (κ2) is 28.3. The number of aliphatic hydroxyl groups excluding tert-OH is 2. The summed E-state index contributed by atoms with van der Waals surface area (Å²) in [5, 5.41) is 30.7. The van der Waals surface area contributed by atoms with E-state index >= 15 is 0 Å². The SMILES string of the molecule is CCCCCCCCCCCCCCCCCC(=O)C(O)C(O)(CO)C(=O)CCCCCCCCCCCCC. The number of rotatable bonds is 32. The van der Waals surface area contributed by atoms with E-state index in [2.05, 4.69) is 13.8 Å². The van der Waals surface area contributed by atoms with E-state index in [0.29, 0.717) is 12.8 Å². The predicted molar refractivity (Wildman–Crippen MR) is 169 cm³/mol. The Hall–Kier alpha value is -0.780. The first kappa shape index (κ1) is 39.2. The van der Waals surface area contributed by atoms with Crippen molar-refractivity contribution in [3.63, 3.8) is 0 Å². The quantitative estimate of drug-likeness (QED) is 0.0703. The summed E-state index contributed by atoms with van der Waals surface area (Å²) in [6.45, 7) is 3.57. The highest BCUT2D eigenvalue weighted by molar-refractivity contribution is 5.96. The molecule has 0 bridgehead atoms. The molecule has 0 heterocycles. The summed E-state index contributed by atoms with van der Waals surface area (Å²) in [6, 6.07) is 0. The van der Waals surface area contributed by atoms with E-state index in [1.165, 1.54) is 116 Å². The van der Waals surface area contributed by atoms with Gasteiger partial charge in [0.1, 0.15) is 0 Å². The fraction of sp³-hybridized carbons (Fsp3) is 0.943. The molecule has 2 unspecified atom stereocenters. The molecule has 0 aromatic rings. The molecule has 0 saturated carbocycles. The number of carbonyl (C=O) groups excluding carboxylic acids is 2. The molecule has 0 saturated heterocycles. The van der Waals surface area contributed by atoms with Crippen LogP contribution in [0.5, 0.6) is 0 Å². The Kier molecular flexibility index (Phi) is 27.8. The normalized spacial score (nSPS) is 13.8. The molecule has 2 atom stereocenters. The summed E-state index contributed by atoms with van der Waals surface area (Å²) in [4.78, 5) is 25.1. The van der Waals surface area contributed by atoms with Crippen molar-refractivity contribution >= 4 is 11.6 Å². The van der Waals surface area contributed by atoms with E-state index in [9.17, 15) is 24.9 Å². The second-order valence-corrected chi connectivity index (χ2v) is 12.4. The molecule has 0 aliphatic carbocycles. The van der Waals surface area contributed by atoms with Crippen molar-refractivity contribution in [1.29, 1.82) is 0 Å². The summed E-state index contributed by atoms with van der Waals surface area (Å²) in [5.41, 5.74) is -2.37. The number of Topliss-reactive ketones (excluding diaryl/α,β-unsaturated/α-hetero) is 2. The number of hydrogen-bond acceptors (Lipinski definition) is 5. The molecule has 0 fully saturated rings. The van der Waals surface area contributed by atoms with Gasteiger partial charge in [-0.3, -0.25) is 9.59 Å². The summed E-state index contributed by atoms with van der Waals surface area (Å²) >= 11 is 0. The van der Waals surface area contributed by atoms with Crippen molar-refractivity contribution in [2.75, 3.05) is 6.61 Å². The van der Waals surface area contributed by atoms with Gasteiger partial charge in [-0.2, -0.15) is 0 Å². The third-order valence-electron chi connectivity index (χ3n) is 8.52. The molecular formula is C35H68O5. The Morgan fingerprint density at radius 1 is 0.500 bits per heavy atom. The lowest BCUT2D eigenvalue weighted by Gasteiger charge is -2.29. The first-order valence-corrected chi connectivity index (χ1v) is 17.5. The van der Waals surface area contributed by atoms with E-state index in [1.54, 1.807) is 0 Å². The van der Waals surface area contributed by atoms with Gasteiger partial charge in [0.05, 0.1) is 6.61 Å². The fourth-order valence-electron chi connectivity index (χ4n) is 5.57. The summed E-state index contributed by atoms with van der Waals surface area (Å²) in [7, 11) is 0. The summed E-state index contributed by atoms with van der Waals surface area (Å²) < 4.78 is 0. The fourth-order valence-corrected chi connectivity index (χ4v) is 5.57. The molecule has 0 aromatic carbocycles. The standard InChI is InChI=1S/C35H68O5/c1-3-5-7-9-11-13-15-16-17-18-20-21-23-25-27-29-32(37)34(39)35(40,31-36)33(38)30-28-26-24-22-19-14-12-10-8-6-4-2/h34,36,39-40H,3-31H2,1-2H3. The Balaban J connectivity index is 3.85. The predicted octanol–water partition coefficient (Wildman–Crippen LogP) is 9.17. The molecule has 238 valence electrons. The van der Waals surface area contributed by atoms with E-state index in [1.807, 2.05) is 0 Å². The van der Waals surface area contributed by atoms with Crippen LogP contribution < -0.4 is 0 Å². The minimum absolute atomic E-state index is 0.0807. The largest absolute Gasteiger partial charge is 0.393 e. The minimum atomic E-state index is -2.37. The Morgan fingerprint density at radius 2 is 0.775 bits per heavy atom. The van der Waals surface area contributed by atoms with Gasteiger partial charge in [-0.15, -0.1) is 0 Å². The molecular weight excluding hydrogens is 500 g/mol. The van der Waals surface area contributed by atoms with Crippen molar-refractivity contribution in [1.82, 2.24) is 0 Å². The van der Waals surface area contributed by atoms with Crippen LogP contribution in [0.4, 0.5) is 0 Å². The minimum Gasteiger partial charge on any atom is -0.393 e. The molecule has 5 heteroatoms. The number of ketones is 2. The number of unbranched alkanes of at least 4 members (excludes halogenated alkanes) is 24. The van der Waals surface area contributed by atoms with Crippen molar-refractivity contribution < 1.29 is 24.9 Å². The van der Waals surface area contributed by atoms with Crippen LogP contribution in [0.25, 0.3) is 0 Å². The average Bonchev–Trinajstić information content (AvgIpc) is 2.96. The molecule has 3 N–H and O–H groups in total. The monoisotopic (exact) mass is 569 g/mol. The topological polar surface area (TPSA) is 94.8 Å². The maximum Gasteiger partial charge on any atom is 0.178 e. The molecule has 5 nitrogen and oxygen atoms in total. The van der Waals surface area contributed by atoms with Crippen molar-refractivity contribution in [3.8, 4) is 0 Å². The molecule has 0 aliphatic heterocycles.